The highest BCUT2D eigenvalue weighted by Gasteiger charge is 2.16. The molecule has 0 heterocycles. The number of rotatable bonds is 8. The Balaban J connectivity index is 3.63. The predicted octanol–water partition coefficient (Wildman–Crippen LogP) is 2.63. The van der Waals surface area contributed by atoms with Crippen molar-refractivity contribution >= 4 is 0 Å². The van der Waals surface area contributed by atoms with Crippen molar-refractivity contribution < 1.29 is 0 Å². The number of hydrogen-bond donors (Lipinski definition) is 2. The summed E-state index contributed by atoms with van der Waals surface area (Å²) in [5.74, 6) is 2.30. The fourth-order valence-electron chi connectivity index (χ4n) is 2.00. The molecule has 3 N–H and O–H groups in total. The van der Waals surface area contributed by atoms with Gasteiger partial charge in [-0.2, -0.15) is 0 Å². The molecule has 0 aliphatic heterocycles. The van der Waals surface area contributed by atoms with Crippen LogP contribution in [0.4, 0.5) is 0 Å². The van der Waals surface area contributed by atoms with E-state index in [1.165, 1.54) is 0 Å². The molecule has 92 valence electrons. The topological polar surface area (TPSA) is 38.0 Å². The maximum atomic E-state index is 5.87. The van der Waals surface area contributed by atoms with Crippen LogP contribution in [0.25, 0.3) is 0 Å². The zero-order chi connectivity index (χ0) is 11.8. The van der Waals surface area contributed by atoms with E-state index in [1.807, 2.05) is 0 Å². The van der Waals surface area contributed by atoms with E-state index in [4.69, 9.17) is 5.73 Å². The quantitative estimate of drug-likeness (QED) is 0.610. The van der Waals surface area contributed by atoms with Gasteiger partial charge in [-0.05, 0) is 43.7 Å². The molecule has 1 atom stereocenters. The molecule has 1 unspecified atom stereocenters. The third-order valence-electron chi connectivity index (χ3n) is 3.31. The minimum Gasteiger partial charge on any atom is -0.328 e. The van der Waals surface area contributed by atoms with Crippen molar-refractivity contribution in [2.24, 2.45) is 23.5 Å². The highest BCUT2D eigenvalue weighted by molar-refractivity contribution is 4.70. The van der Waals surface area contributed by atoms with Crippen LogP contribution in [0.3, 0.4) is 0 Å². The van der Waals surface area contributed by atoms with Crippen LogP contribution >= 0.6 is 0 Å². The van der Waals surface area contributed by atoms with Crippen LogP contribution in [0.15, 0.2) is 0 Å². The lowest BCUT2D eigenvalue weighted by molar-refractivity contribution is 0.275. The second kappa shape index (κ2) is 8.12. The number of nitrogens with two attached hydrogens (primary N) is 1. The summed E-state index contributed by atoms with van der Waals surface area (Å²) in [6.45, 7) is 13.6. The van der Waals surface area contributed by atoms with Gasteiger partial charge in [-0.15, -0.1) is 0 Å². The largest absolute Gasteiger partial charge is 0.328 e. The molecule has 0 aliphatic rings. The van der Waals surface area contributed by atoms with E-state index in [0.29, 0.717) is 6.04 Å². The molecule has 15 heavy (non-hydrogen) atoms. The van der Waals surface area contributed by atoms with Crippen molar-refractivity contribution in [2.45, 2.75) is 53.5 Å². The molecule has 0 aromatic rings. The lowest BCUT2D eigenvalue weighted by Crippen LogP contribution is -2.32. The minimum absolute atomic E-state index is 0.369. The van der Waals surface area contributed by atoms with E-state index in [-0.39, 0.29) is 0 Å². The van der Waals surface area contributed by atoms with E-state index >= 15 is 0 Å². The zero-order valence-electron chi connectivity index (χ0n) is 11.2. The molecule has 2 heteroatoms. The normalized spacial score (nSPS) is 14.2. The second-order valence-corrected chi connectivity index (χ2v) is 5.31. The minimum atomic E-state index is 0.369. The van der Waals surface area contributed by atoms with Gasteiger partial charge in [0.1, 0.15) is 0 Å². The van der Waals surface area contributed by atoms with Gasteiger partial charge < -0.3 is 11.1 Å². The molecule has 0 aliphatic carbocycles. The van der Waals surface area contributed by atoms with E-state index < -0.39 is 0 Å². The van der Waals surface area contributed by atoms with Crippen molar-refractivity contribution in [3.8, 4) is 0 Å². The molecule has 0 saturated heterocycles. The maximum Gasteiger partial charge on any atom is 0.00482 e. The van der Waals surface area contributed by atoms with Crippen molar-refractivity contribution in [2.75, 3.05) is 13.1 Å². The van der Waals surface area contributed by atoms with E-state index in [9.17, 15) is 0 Å². The molecule has 0 aromatic carbocycles. The van der Waals surface area contributed by atoms with Gasteiger partial charge >= 0.3 is 0 Å². The van der Waals surface area contributed by atoms with Crippen molar-refractivity contribution in [1.29, 1.82) is 0 Å². The van der Waals surface area contributed by atoms with E-state index in [0.717, 1.165) is 43.7 Å². The molecule has 2 nitrogen and oxygen atoms in total. The molecule has 0 bridgehead atoms. The van der Waals surface area contributed by atoms with Gasteiger partial charge in [0.25, 0.3) is 0 Å². The zero-order valence-corrected chi connectivity index (χ0v) is 11.2. The first-order chi connectivity index (χ1) is 6.99. The van der Waals surface area contributed by atoms with Gasteiger partial charge in [0.05, 0.1) is 0 Å². The van der Waals surface area contributed by atoms with Gasteiger partial charge in [0.15, 0.2) is 0 Å². The summed E-state index contributed by atoms with van der Waals surface area (Å²) in [5.41, 5.74) is 5.87. The number of nitrogens with one attached hydrogen (secondary N) is 1. The third kappa shape index (κ3) is 6.91. The molecule has 0 spiro atoms. The van der Waals surface area contributed by atoms with Crippen molar-refractivity contribution in [3.63, 3.8) is 0 Å². The molecular weight excluding hydrogens is 184 g/mol. The fourth-order valence-corrected chi connectivity index (χ4v) is 2.00. The van der Waals surface area contributed by atoms with Crippen LogP contribution in [-0.2, 0) is 0 Å². The van der Waals surface area contributed by atoms with E-state index in [1.54, 1.807) is 0 Å². The van der Waals surface area contributed by atoms with Crippen LogP contribution in [0, 0.1) is 17.8 Å². The van der Waals surface area contributed by atoms with Gasteiger partial charge in [-0.3, -0.25) is 0 Å². The lowest BCUT2D eigenvalue weighted by Gasteiger charge is -2.25. The molecule has 0 saturated carbocycles. The second-order valence-electron chi connectivity index (χ2n) is 5.31. The fraction of sp³-hybridized carbons (Fsp3) is 1.00. The van der Waals surface area contributed by atoms with Gasteiger partial charge in [-0.25, -0.2) is 0 Å². The summed E-state index contributed by atoms with van der Waals surface area (Å²) in [5, 5.41) is 3.53. The summed E-state index contributed by atoms with van der Waals surface area (Å²) in [4.78, 5) is 0. The average Bonchev–Trinajstić information content (AvgIpc) is 2.15. The van der Waals surface area contributed by atoms with Crippen molar-refractivity contribution in [3.05, 3.63) is 0 Å². The summed E-state index contributed by atoms with van der Waals surface area (Å²) in [6, 6.07) is 0.369. The molecule has 0 radical (unpaired) electrons. The molecule has 0 fully saturated rings. The first-order valence-electron chi connectivity index (χ1n) is 6.45. The number of hydrogen-bond acceptors (Lipinski definition) is 2. The Morgan fingerprint density at radius 1 is 1.07 bits per heavy atom. The molecule has 0 aromatic heterocycles. The molecule has 0 amide bonds. The Kier molecular flexibility index (Phi) is 8.07. The first kappa shape index (κ1) is 14.9. The Bertz CT molecular complexity index is 135. The van der Waals surface area contributed by atoms with Crippen molar-refractivity contribution in [1.82, 2.24) is 5.32 Å². The lowest BCUT2D eigenvalue weighted by atomic mass is 9.85. The van der Waals surface area contributed by atoms with Crippen LogP contribution in [0.2, 0.25) is 0 Å². The standard InChI is InChI=1S/C13H30N2/c1-6-12(14)7-8-15-9-13(10(2)3)11(4)5/h10-13,15H,6-9,14H2,1-5H3. The summed E-state index contributed by atoms with van der Waals surface area (Å²) in [6.07, 6.45) is 2.18. The first-order valence-corrected chi connectivity index (χ1v) is 6.45. The maximum absolute atomic E-state index is 5.87. The van der Waals surface area contributed by atoms with Gasteiger partial charge in [0, 0.05) is 6.04 Å². The smallest absolute Gasteiger partial charge is 0.00482 e. The van der Waals surface area contributed by atoms with Crippen LogP contribution in [-0.4, -0.2) is 19.1 Å². The SMILES string of the molecule is CCC(N)CCNCC(C(C)C)C(C)C. The summed E-state index contributed by atoms with van der Waals surface area (Å²) < 4.78 is 0. The average molecular weight is 214 g/mol. The molecular formula is C13H30N2. The summed E-state index contributed by atoms with van der Waals surface area (Å²) in [7, 11) is 0. The van der Waals surface area contributed by atoms with Crippen LogP contribution < -0.4 is 11.1 Å². The van der Waals surface area contributed by atoms with Gasteiger partial charge in [-0.1, -0.05) is 34.6 Å². The Morgan fingerprint density at radius 2 is 1.60 bits per heavy atom. The highest BCUT2D eigenvalue weighted by Crippen LogP contribution is 2.19. The summed E-state index contributed by atoms with van der Waals surface area (Å²) >= 11 is 0. The monoisotopic (exact) mass is 214 g/mol. The van der Waals surface area contributed by atoms with Crippen LogP contribution in [0.1, 0.15) is 47.5 Å². The highest BCUT2D eigenvalue weighted by atomic mass is 14.9. The Labute approximate surface area is 96.0 Å². The van der Waals surface area contributed by atoms with Crippen LogP contribution in [0.5, 0.6) is 0 Å². The third-order valence-corrected chi connectivity index (χ3v) is 3.31. The van der Waals surface area contributed by atoms with E-state index in [2.05, 4.69) is 39.9 Å². The molecule has 0 rings (SSSR count). The Morgan fingerprint density at radius 3 is 2.00 bits per heavy atom. The van der Waals surface area contributed by atoms with Gasteiger partial charge in [0.2, 0.25) is 0 Å². The Hall–Kier alpha value is -0.0800. The predicted molar refractivity (Wildman–Crippen MR) is 68.9 cm³/mol.